The van der Waals surface area contributed by atoms with Gasteiger partial charge in [-0.1, -0.05) is 36.4 Å². The Morgan fingerprint density at radius 3 is 2.59 bits per heavy atom. The van der Waals surface area contributed by atoms with E-state index in [-0.39, 0.29) is 29.9 Å². The average Bonchev–Trinajstić information content (AvgIpc) is 3.50. The number of hydrogen-bond donors (Lipinski definition) is 2. The summed E-state index contributed by atoms with van der Waals surface area (Å²) in [4.78, 5) is 26.1. The molecule has 184 valence electrons. The first-order valence-corrected chi connectivity index (χ1v) is 12.2. The van der Waals surface area contributed by atoms with E-state index in [1.807, 2.05) is 29.3 Å². The second kappa shape index (κ2) is 13.5. The molecule has 1 amide bonds. The summed E-state index contributed by atoms with van der Waals surface area (Å²) in [6.45, 7) is 7.98. The number of anilines is 1. The summed E-state index contributed by atoms with van der Waals surface area (Å²) in [7, 11) is 0. The van der Waals surface area contributed by atoms with Gasteiger partial charge in [0.05, 0.1) is 6.54 Å². The molecule has 0 bridgehead atoms. The summed E-state index contributed by atoms with van der Waals surface area (Å²) in [5, 5.41) is 6.75. The highest BCUT2D eigenvalue weighted by Gasteiger charge is 2.29. The van der Waals surface area contributed by atoms with Crippen LogP contribution in [0.25, 0.3) is 0 Å². The Bertz CT molecular complexity index is 915. The lowest BCUT2D eigenvalue weighted by molar-refractivity contribution is -0.127. The van der Waals surface area contributed by atoms with Gasteiger partial charge >= 0.3 is 0 Å². The molecule has 2 aromatic rings. The number of rotatable bonds is 9. The fourth-order valence-corrected chi connectivity index (χ4v) is 4.51. The first-order valence-electron chi connectivity index (χ1n) is 12.2. The molecule has 34 heavy (non-hydrogen) atoms. The predicted molar refractivity (Wildman–Crippen MR) is 149 cm³/mol. The summed E-state index contributed by atoms with van der Waals surface area (Å²) >= 11 is 0. The maximum atomic E-state index is 12.5. The second-order valence-electron chi connectivity index (χ2n) is 8.94. The van der Waals surface area contributed by atoms with Crippen LogP contribution in [0.3, 0.4) is 0 Å². The van der Waals surface area contributed by atoms with Gasteiger partial charge in [0.2, 0.25) is 5.91 Å². The van der Waals surface area contributed by atoms with Crippen molar-refractivity contribution < 1.29 is 4.79 Å². The fraction of sp³-hybridized carbons (Fsp3) is 0.500. The molecule has 4 rings (SSSR count). The monoisotopic (exact) mass is 576 g/mol. The number of carbonyl (C=O) groups excluding carboxylic acids is 1. The number of carbonyl (C=O) groups is 1. The van der Waals surface area contributed by atoms with Crippen molar-refractivity contribution in [3.05, 3.63) is 59.8 Å². The highest BCUT2D eigenvalue weighted by molar-refractivity contribution is 14.0. The van der Waals surface area contributed by atoms with Crippen LogP contribution in [0.1, 0.15) is 37.3 Å². The van der Waals surface area contributed by atoms with Crippen LogP contribution in [0.2, 0.25) is 0 Å². The minimum Gasteiger partial charge on any atom is -0.357 e. The van der Waals surface area contributed by atoms with Crippen molar-refractivity contribution in [1.29, 1.82) is 0 Å². The Balaban J connectivity index is 0.00000324. The topological polar surface area (TPSA) is 72.9 Å². The molecule has 0 spiro atoms. The third-order valence-electron chi connectivity index (χ3n) is 6.37. The summed E-state index contributed by atoms with van der Waals surface area (Å²) in [5.74, 6) is 2.41. The van der Waals surface area contributed by atoms with Crippen LogP contribution >= 0.6 is 24.0 Å². The summed E-state index contributed by atoms with van der Waals surface area (Å²) in [6, 6.07) is 14.6. The summed E-state index contributed by atoms with van der Waals surface area (Å²) in [6.07, 6.45) is 5.94. The number of nitrogens with one attached hydrogen (secondary N) is 2. The Morgan fingerprint density at radius 1 is 1.09 bits per heavy atom. The lowest BCUT2D eigenvalue weighted by Crippen LogP contribution is -2.40. The number of halogens is 1. The highest BCUT2D eigenvalue weighted by Crippen LogP contribution is 2.19. The molecule has 1 aromatic heterocycles. The van der Waals surface area contributed by atoms with Gasteiger partial charge in [0, 0.05) is 57.8 Å². The van der Waals surface area contributed by atoms with E-state index in [1.54, 1.807) is 0 Å². The van der Waals surface area contributed by atoms with Crippen LogP contribution in [0.15, 0.2) is 53.7 Å². The second-order valence-corrected chi connectivity index (χ2v) is 8.94. The minimum atomic E-state index is 0. The van der Waals surface area contributed by atoms with Gasteiger partial charge in [-0.05, 0) is 43.4 Å². The summed E-state index contributed by atoms with van der Waals surface area (Å²) < 4.78 is 0. The first-order chi connectivity index (χ1) is 16.2. The number of pyridine rings is 1. The largest absolute Gasteiger partial charge is 0.357 e. The lowest BCUT2D eigenvalue weighted by Gasteiger charge is -2.18. The maximum Gasteiger partial charge on any atom is 0.223 e. The van der Waals surface area contributed by atoms with Gasteiger partial charge in [-0.3, -0.25) is 4.79 Å². The van der Waals surface area contributed by atoms with Gasteiger partial charge in [0.25, 0.3) is 0 Å². The zero-order chi connectivity index (χ0) is 22.9. The van der Waals surface area contributed by atoms with E-state index >= 15 is 0 Å². The number of nitrogens with zero attached hydrogens (tertiary/aromatic N) is 4. The van der Waals surface area contributed by atoms with Crippen LogP contribution < -0.4 is 15.5 Å². The molecule has 2 saturated heterocycles. The van der Waals surface area contributed by atoms with Gasteiger partial charge in [-0.2, -0.15) is 0 Å². The molecule has 0 radical (unpaired) electrons. The van der Waals surface area contributed by atoms with E-state index in [2.05, 4.69) is 51.7 Å². The Morgan fingerprint density at radius 2 is 1.88 bits per heavy atom. The Hall–Kier alpha value is -2.36. The molecule has 2 aliphatic rings. The number of aromatic nitrogens is 1. The molecule has 0 saturated carbocycles. The number of likely N-dealkylation sites (tertiary alicyclic amines) is 1. The molecular formula is C26H37IN6O. The third-order valence-corrected chi connectivity index (χ3v) is 6.37. The highest BCUT2D eigenvalue weighted by atomic mass is 127. The average molecular weight is 577 g/mol. The number of hydrogen-bond acceptors (Lipinski definition) is 4. The van der Waals surface area contributed by atoms with E-state index < -0.39 is 0 Å². The van der Waals surface area contributed by atoms with Crippen molar-refractivity contribution in [3.8, 4) is 0 Å². The molecule has 7 nitrogen and oxygen atoms in total. The van der Waals surface area contributed by atoms with Gasteiger partial charge in [0.1, 0.15) is 5.82 Å². The molecule has 1 atom stereocenters. The van der Waals surface area contributed by atoms with Crippen LogP contribution in [-0.2, 0) is 17.8 Å². The van der Waals surface area contributed by atoms with Crippen LogP contribution in [-0.4, -0.2) is 61.0 Å². The van der Waals surface area contributed by atoms with E-state index in [1.165, 1.54) is 18.4 Å². The minimum absolute atomic E-state index is 0. The Kier molecular flexibility index (Phi) is 10.4. The van der Waals surface area contributed by atoms with Crippen molar-refractivity contribution >= 4 is 41.7 Å². The van der Waals surface area contributed by atoms with Crippen molar-refractivity contribution in [3.63, 3.8) is 0 Å². The number of aliphatic imine (C=N–C) groups is 1. The lowest BCUT2D eigenvalue weighted by atomic mass is 10.1. The first kappa shape index (κ1) is 26.2. The van der Waals surface area contributed by atoms with Gasteiger partial charge < -0.3 is 20.4 Å². The van der Waals surface area contributed by atoms with Crippen LogP contribution in [0, 0.1) is 5.92 Å². The third kappa shape index (κ3) is 7.58. The van der Waals surface area contributed by atoms with E-state index in [0.29, 0.717) is 18.9 Å². The van der Waals surface area contributed by atoms with Crippen LogP contribution in [0.4, 0.5) is 5.82 Å². The zero-order valence-corrected chi connectivity index (χ0v) is 22.4. The molecule has 0 aliphatic carbocycles. The van der Waals surface area contributed by atoms with Crippen molar-refractivity contribution in [2.45, 2.75) is 39.2 Å². The standard InChI is InChI=1S/C26H36N6O.HI/c1-2-27-26(29-18-22-10-11-24(28-17-22)31-13-6-7-14-31)30-19-23-16-25(33)32(20-23)15-12-21-8-4-3-5-9-21;/h3-5,8-11,17,23H,2,6-7,12-16,18-20H2,1H3,(H2,27,29,30);1H. The molecular weight excluding hydrogens is 539 g/mol. The van der Waals surface area contributed by atoms with Crippen molar-refractivity contribution in [1.82, 2.24) is 20.5 Å². The number of benzene rings is 1. The zero-order valence-electron chi connectivity index (χ0n) is 20.1. The maximum absolute atomic E-state index is 12.5. The SMILES string of the molecule is CCNC(=NCc1ccc(N2CCCC2)nc1)NCC1CC(=O)N(CCc2ccccc2)C1.I. The molecule has 2 N–H and O–H groups in total. The quantitative estimate of drug-likeness (QED) is 0.272. The normalized spacial score (nSPS) is 18.2. The number of amides is 1. The molecule has 2 fully saturated rings. The molecule has 2 aliphatic heterocycles. The fourth-order valence-electron chi connectivity index (χ4n) is 4.51. The van der Waals surface area contributed by atoms with E-state index in [0.717, 1.165) is 63.0 Å². The van der Waals surface area contributed by atoms with Crippen LogP contribution in [0.5, 0.6) is 0 Å². The Labute approximate surface area is 220 Å². The van der Waals surface area contributed by atoms with Gasteiger partial charge in [-0.25, -0.2) is 9.98 Å². The summed E-state index contributed by atoms with van der Waals surface area (Å²) in [5.41, 5.74) is 2.37. The van der Waals surface area contributed by atoms with Gasteiger partial charge in [-0.15, -0.1) is 24.0 Å². The molecule has 1 aromatic carbocycles. The van der Waals surface area contributed by atoms with E-state index in [9.17, 15) is 4.79 Å². The van der Waals surface area contributed by atoms with Crippen molar-refractivity contribution in [2.75, 3.05) is 44.2 Å². The molecule has 1 unspecified atom stereocenters. The van der Waals surface area contributed by atoms with E-state index in [4.69, 9.17) is 4.99 Å². The van der Waals surface area contributed by atoms with Crippen molar-refractivity contribution in [2.24, 2.45) is 10.9 Å². The van der Waals surface area contributed by atoms with Gasteiger partial charge in [0.15, 0.2) is 5.96 Å². The molecule has 3 heterocycles. The predicted octanol–water partition coefficient (Wildman–Crippen LogP) is 3.45. The smallest absolute Gasteiger partial charge is 0.223 e. The number of guanidine groups is 1. The molecule has 8 heteroatoms.